The second kappa shape index (κ2) is 8.32. The second-order valence-electron chi connectivity index (χ2n) is 7.83. The average Bonchev–Trinajstić information content (AvgIpc) is 2.69. The van der Waals surface area contributed by atoms with E-state index in [1.165, 1.54) is 11.1 Å². The Morgan fingerprint density at radius 2 is 1.48 bits per heavy atom. The van der Waals surface area contributed by atoms with Crippen LogP contribution in [-0.2, 0) is 13.0 Å². The van der Waals surface area contributed by atoms with E-state index in [4.69, 9.17) is 9.47 Å². The molecule has 4 heteroatoms. The Kier molecular flexibility index (Phi) is 6.08. The maximum Gasteiger partial charge on any atom is 0.118 e. The molecule has 4 nitrogen and oxygen atoms in total. The molecule has 0 aliphatic carbocycles. The molecule has 1 aliphatic heterocycles. The molecule has 1 heterocycles. The van der Waals surface area contributed by atoms with Gasteiger partial charge in [0, 0.05) is 25.0 Å². The first-order valence-electron chi connectivity index (χ1n) is 9.65. The molecule has 1 fully saturated rings. The van der Waals surface area contributed by atoms with Crippen molar-refractivity contribution in [2.24, 2.45) is 5.92 Å². The van der Waals surface area contributed by atoms with E-state index in [1.54, 1.807) is 14.2 Å². The van der Waals surface area contributed by atoms with Gasteiger partial charge in [0.15, 0.2) is 0 Å². The van der Waals surface area contributed by atoms with Gasteiger partial charge in [0.05, 0.1) is 19.8 Å². The highest BCUT2D eigenvalue weighted by Gasteiger charge is 2.41. The fourth-order valence-corrected chi connectivity index (χ4v) is 3.96. The zero-order valence-electron chi connectivity index (χ0n) is 16.8. The summed E-state index contributed by atoms with van der Waals surface area (Å²) in [6.07, 6.45) is 1.71. The first-order chi connectivity index (χ1) is 12.9. The molecule has 3 atom stereocenters. The second-order valence-corrected chi connectivity index (χ2v) is 7.83. The monoisotopic (exact) mass is 369 g/mol. The van der Waals surface area contributed by atoms with Crippen LogP contribution in [-0.4, -0.2) is 42.4 Å². The van der Waals surface area contributed by atoms with E-state index >= 15 is 0 Å². The maximum absolute atomic E-state index is 10.9. The molecular weight excluding hydrogens is 338 g/mol. The highest BCUT2D eigenvalue weighted by molar-refractivity contribution is 5.29. The molecule has 0 saturated carbocycles. The molecule has 1 N–H and O–H groups in total. The van der Waals surface area contributed by atoms with Gasteiger partial charge < -0.3 is 14.6 Å². The van der Waals surface area contributed by atoms with Crippen LogP contribution in [0.3, 0.4) is 0 Å². The highest BCUT2D eigenvalue weighted by Crippen LogP contribution is 2.35. The fraction of sp³-hybridized carbons (Fsp3) is 0.478. The maximum atomic E-state index is 10.9. The van der Waals surface area contributed by atoms with E-state index < -0.39 is 5.60 Å². The van der Waals surface area contributed by atoms with Crippen molar-refractivity contribution in [3.05, 3.63) is 59.7 Å². The number of ether oxygens (including phenoxy) is 2. The number of nitrogens with zero attached hydrogens (tertiary/aromatic N) is 1. The lowest BCUT2D eigenvalue weighted by atomic mass is 9.76. The predicted molar refractivity (Wildman–Crippen MR) is 108 cm³/mol. The molecule has 3 unspecified atom stereocenters. The minimum Gasteiger partial charge on any atom is -0.497 e. The van der Waals surface area contributed by atoms with Gasteiger partial charge in [0.2, 0.25) is 0 Å². The molecule has 2 aromatic rings. The Bertz CT molecular complexity index is 724. The van der Waals surface area contributed by atoms with Crippen molar-refractivity contribution in [2.45, 2.75) is 44.9 Å². The van der Waals surface area contributed by atoms with E-state index in [-0.39, 0.29) is 12.0 Å². The number of aliphatic hydroxyl groups is 1. The smallest absolute Gasteiger partial charge is 0.118 e. The molecule has 0 amide bonds. The predicted octanol–water partition coefficient (Wildman–Crippen LogP) is 3.91. The molecule has 3 rings (SSSR count). The summed E-state index contributed by atoms with van der Waals surface area (Å²) in [6.45, 7) is 5.92. The summed E-state index contributed by atoms with van der Waals surface area (Å²) in [5, 5.41) is 10.9. The third-order valence-electron chi connectivity index (χ3n) is 6.08. The van der Waals surface area contributed by atoms with Crippen LogP contribution in [0.25, 0.3) is 0 Å². The van der Waals surface area contributed by atoms with Crippen molar-refractivity contribution in [3.63, 3.8) is 0 Å². The normalized spacial score (nSPS) is 26.0. The Balaban J connectivity index is 1.78. The van der Waals surface area contributed by atoms with Crippen molar-refractivity contribution in [2.75, 3.05) is 20.8 Å². The van der Waals surface area contributed by atoms with Crippen LogP contribution < -0.4 is 9.47 Å². The number of methoxy groups -OCH3 is 2. The molecular formula is C23H31NO3. The molecule has 146 valence electrons. The van der Waals surface area contributed by atoms with E-state index in [0.717, 1.165) is 37.4 Å². The Labute approximate surface area is 162 Å². The van der Waals surface area contributed by atoms with Gasteiger partial charge in [-0.3, -0.25) is 4.90 Å². The van der Waals surface area contributed by atoms with Gasteiger partial charge in [-0.25, -0.2) is 0 Å². The summed E-state index contributed by atoms with van der Waals surface area (Å²) in [4.78, 5) is 2.51. The molecule has 0 bridgehead atoms. The number of likely N-dealkylation sites (tertiary alicyclic amines) is 1. The van der Waals surface area contributed by atoms with E-state index in [0.29, 0.717) is 0 Å². The summed E-state index contributed by atoms with van der Waals surface area (Å²) in [5.74, 6) is 1.94. The van der Waals surface area contributed by atoms with Crippen LogP contribution >= 0.6 is 0 Å². The van der Waals surface area contributed by atoms with Gasteiger partial charge in [-0.05, 0) is 55.2 Å². The molecule has 27 heavy (non-hydrogen) atoms. The molecule has 2 aromatic carbocycles. The summed E-state index contributed by atoms with van der Waals surface area (Å²) in [7, 11) is 3.38. The van der Waals surface area contributed by atoms with E-state index in [2.05, 4.69) is 36.1 Å². The Morgan fingerprint density at radius 1 is 0.963 bits per heavy atom. The van der Waals surface area contributed by atoms with Gasteiger partial charge in [-0.2, -0.15) is 0 Å². The quantitative estimate of drug-likeness (QED) is 0.838. The van der Waals surface area contributed by atoms with Crippen molar-refractivity contribution in [3.8, 4) is 11.5 Å². The SMILES string of the molecule is COc1ccc(CC2C(C)C(C)(O)CCN2Cc2ccc(OC)cc2)cc1. The lowest BCUT2D eigenvalue weighted by Gasteiger charge is -2.48. The van der Waals surface area contributed by atoms with Crippen LogP contribution in [0.2, 0.25) is 0 Å². The first-order valence-corrected chi connectivity index (χ1v) is 9.65. The minimum atomic E-state index is -0.631. The third kappa shape index (κ3) is 4.63. The van der Waals surface area contributed by atoms with Crippen LogP contribution in [0.1, 0.15) is 31.4 Å². The van der Waals surface area contributed by atoms with Crippen LogP contribution in [0.4, 0.5) is 0 Å². The average molecular weight is 370 g/mol. The topological polar surface area (TPSA) is 41.9 Å². The van der Waals surface area contributed by atoms with Crippen molar-refractivity contribution >= 4 is 0 Å². The van der Waals surface area contributed by atoms with Crippen LogP contribution in [0.15, 0.2) is 48.5 Å². The zero-order chi connectivity index (χ0) is 19.4. The lowest BCUT2D eigenvalue weighted by Crippen LogP contribution is -2.56. The van der Waals surface area contributed by atoms with Crippen LogP contribution in [0, 0.1) is 5.92 Å². The summed E-state index contributed by atoms with van der Waals surface area (Å²) in [5.41, 5.74) is 1.91. The largest absolute Gasteiger partial charge is 0.497 e. The molecule has 1 saturated heterocycles. The van der Waals surface area contributed by atoms with E-state index in [9.17, 15) is 5.11 Å². The zero-order valence-corrected chi connectivity index (χ0v) is 16.8. The number of hydrogen-bond donors (Lipinski definition) is 1. The molecule has 0 aromatic heterocycles. The van der Waals surface area contributed by atoms with Gasteiger partial charge >= 0.3 is 0 Å². The van der Waals surface area contributed by atoms with Gasteiger partial charge in [-0.15, -0.1) is 0 Å². The minimum absolute atomic E-state index is 0.187. The summed E-state index contributed by atoms with van der Waals surface area (Å²) in [6, 6.07) is 16.8. The van der Waals surface area contributed by atoms with Crippen molar-refractivity contribution in [1.82, 2.24) is 4.90 Å². The summed E-state index contributed by atoms with van der Waals surface area (Å²) >= 11 is 0. The number of piperidine rings is 1. The van der Waals surface area contributed by atoms with Crippen molar-refractivity contribution < 1.29 is 14.6 Å². The van der Waals surface area contributed by atoms with E-state index in [1.807, 2.05) is 31.2 Å². The van der Waals surface area contributed by atoms with Crippen LogP contribution in [0.5, 0.6) is 11.5 Å². The number of benzene rings is 2. The number of rotatable bonds is 6. The fourth-order valence-electron chi connectivity index (χ4n) is 3.96. The summed E-state index contributed by atoms with van der Waals surface area (Å²) < 4.78 is 10.5. The molecule has 0 radical (unpaired) electrons. The lowest BCUT2D eigenvalue weighted by molar-refractivity contribution is -0.0837. The van der Waals surface area contributed by atoms with Gasteiger partial charge in [-0.1, -0.05) is 31.2 Å². The Hall–Kier alpha value is -2.04. The first kappa shape index (κ1) is 19.7. The van der Waals surface area contributed by atoms with Gasteiger partial charge in [0.1, 0.15) is 11.5 Å². The van der Waals surface area contributed by atoms with Crippen molar-refractivity contribution in [1.29, 1.82) is 0 Å². The Morgan fingerprint density at radius 3 is 2.00 bits per heavy atom. The molecule has 0 spiro atoms. The third-order valence-corrected chi connectivity index (χ3v) is 6.08. The highest BCUT2D eigenvalue weighted by atomic mass is 16.5. The molecule has 1 aliphatic rings. The standard InChI is InChI=1S/C23H31NO3/c1-17-22(15-18-5-9-20(26-3)10-6-18)24(14-13-23(17,2)25)16-19-7-11-21(27-4)12-8-19/h5-12,17,22,25H,13-16H2,1-4H3. The number of hydrogen-bond acceptors (Lipinski definition) is 4. The van der Waals surface area contributed by atoms with Gasteiger partial charge in [0.25, 0.3) is 0 Å².